The molecule has 0 radical (unpaired) electrons. The Hall–Kier alpha value is -1.40. The van der Waals surface area contributed by atoms with E-state index in [1.165, 1.54) is 11.5 Å². The van der Waals surface area contributed by atoms with Crippen LogP contribution in [-0.2, 0) is 6.42 Å². The van der Waals surface area contributed by atoms with Crippen molar-refractivity contribution in [2.45, 2.75) is 47.0 Å². The predicted molar refractivity (Wildman–Crippen MR) is 97.0 cm³/mol. The highest BCUT2D eigenvalue weighted by atomic mass is 32.1. The number of hydrogen-bond acceptors (Lipinski definition) is 4. The molecule has 0 unspecified atom stereocenters. The van der Waals surface area contributed by atoms with E-state index in [0.29, 0.717) is 6.67 Å². The molecule has 2 amide bonds. The SMILES string of the molecule is C/C=C/CCN1CN(CCC)CN(c2snc(CC)c2C)C1=O. The van der Waals surface area contributed by atoms with Gasteiger partial charge in [-0.3, -0.25) is 9.80 Å². The van der Waals surface area contributed by atoms with Crippen LogP contribution in [0.2, 0.25) is 0 Å². The maximum Gasteiger partial charge on any atom is 0.327 e. The second kappa shape index (κ2) is 8.45. The van der Waals surface area contributed by atoms with Gasteiger partial charge in [-0.1, -0.05) is 26.0 Å². The number of carbonyl (C=O) groups excluding carboxylic acids is 1. The van der Waals surface area contributed by atoms with Gasteiger partial charge in [0, 0.05) is 18.7 Å². The number of nitrogens with zero attached hydrogens (tertiary/aromatic N) is 4. The molecule has 0 bridgehead atoms. The summed E-state index contributed by atoms with van der Waals surface area (Å²) in [7, 11) is 0. The van der Waals surface area contributed by atoms with Crippen LogP contribution in [0.3, 0.4) is 0 Å². The average molecular weight is 337 g/mol. The Balaban J connectivity index is 2.21. The minimum Gasteiger partial charge on any atom is -0.311 e. The molecule has 0 spiro atoms. The molecule has 23 heavy (non-hydrogen) atoms. The van der Waals surface area contributed by atoms with Crippen molar-refractivity contribution in [2.75, 3.05) is 31.3 Å². The number of carbonyl (C=O) groups is 1. The Morgan fingerprint density at radius 3 is 2.65 bits per heavy atom. The van der Waals surface area contributed by atoms with E-state index in [9.17, 15) is 4.79 Å². The monoisotopic (exact) mass is 336 g/mol. The van der Waals surface area contributed by atoms with Crippen LogP contribution in [0.15, 0.2) is 12.2 Å². The van der Waals surface area contributed by atoms with Crippen molar-refractivity contribution >= 4 is 22.6 Å². The molecule has 128 valence electrons. The van der Waals surface area contributed by atoms with Gasteiger partial charge >= 0.3 is 6.03 Å². The van der Waals surface area contributed by atoms with Crippen LogP contribution in [0.5, 0.6) is 0 Å². The van der Waals surface area contributed by atoms with Crippen molar-refractivity contribution in [3.05, 3.63) is 23.4 Å². The summed E-state index contributed by atoms with van der Waals surface area (Å²) in [5, 5.41) is 1.00. The lowest BCUT2D eigenvalue weighted by Crippen LogP contribution is -2.58. The molecule has 2 heterocycles. The van der Waals surface area contributed by atoms with Gasteiger partial charge in [-0.15, -0.1) is 0 Å². The van der Waals surface area contributed by atoms with Gasteiger partial charge in [-0.25, -0.2) is 4.79 Å². The summed E-state index contributed by atoms with van der Waals surface area (Å²) in [6.45, 7) is 11.5. The summed E-state index contributed by atoms with van der Waals surface area (Å²) in [5.41, 5.74) is 2.25. The highest BCUT2D eigenvalue weighted by molar-refractivity contribution is 7.10. The van der Waals surface area contributed by atoms with Gasteiger partial charge in [0.2, 0.25) is 0 Å². The van der Waals surface area contributed by atoms with Crippen molar-refractivity contribution in [3.8, 4) is 0 Å². The van der Waals surface area contributed by atoms with Crippen LogP contribution >= 0.6 is 11.5 Å². The number of rotatable bonds is 7. The maximum absolute atomic E-state index is 12.9. The maximum atomic E-state index is 12.9. The minimum absolute atomic E-state index is 0.108. The predicted octanol–water partition coefficient (Wildman–Crippen LogP) is 3.85. The largest absolute Gasteiger partial charge is 0.327 e. The molecule has 1 aromatic heterocycles. The highest BCUT2D eigenvalue weighted by Crippen LogP contribution is 2.31. The summed E-state index contributed by atoms with van der Waals surface area (Å²) < 4.78 is 4.51. The Kier molecular flexibility index (Phi) is 6.59. The summed E-state index contributed by atoms with van der Waals surface area (Å²) in [4.78, 5) is 19.1. The van der Waals surface area contributed by atoms with E-state index in [4.69, 9.17) is 0 Å². The van der Waals surface area contributed by atoms with E-state index < -0.39 is 0 Å². The number of aryl methyl sites for hydroxylation is 1. The molecule has 0 N–H and O–H groups in total. The van der Waals surface area contributed by atoms with Crippen LogP contribution in [0.4, 0.5) is 9.80 Å². The van der Waals surface area contributed by atoms with E-state index >= 15 is 0 Å². The lowest BCUT2D eigenvalue weighted by molar-refractivity contribution is 0.116. The summed E-state index contributed by atoms with van der Waals surface area (Å²) in [6.07, 6.45) is 7.05. The third-order valence-corrected chi connectivity index (χ3v) is 5.14. The molecule has 5 nitrogen and oxygen atoms in total. The number of aromatic nitrogens is 1. The van der Waals surface area contributed by atoms with Crippen molar-refractivity contribution in [3.63, 3.8) is 0 Å². The molecule has 0 aromatic carbocycles. The number of amides is 2. The molecule has 1 aliphatic heterocycles. The second-order valence-corrected chi connectivity index (χ2v) is 6.67. The molecule has 0 saturated carbocycles. The Morgan fingerprint density at radius 1 is 1.26 bits per heavy atom. The normalized spacial score (nSPS) is 16.8. The Labute approximate surface area is 143 Å². The first kappa shape index (κ1) is 17.9. The first-order valence-electron chi connectivity index (χ1n) is 8.47. The fraction of sp³-hybridized carbons (Fsp3) is 0.647. The fourth-order valence-electron chi connectivity index (χ4n) is 2.89. The molecule has 6 heteroatoms. The van der Waals surface area contributed by atoms with Crippen LogP contribution < -0.4 is 4.90 Å². The fourth-order valence-corrected chi connectivity index (χ4v) is 3.84. The Bertz CT molecular complexity index is 555. The third kappa shape index (κ3) is 4.12. The first-order chi connectivity index (χ1) is 11.1. The molecule has 1 aliphatic rings. The van der Waals surface area contributed by atoms with Crippen LogP contribution in [0, 0.1) is 6.92 Å². The molecule has 1 fully saturated rings. The molecular weight excluding hydrogens is 308 g/mol. The number of hydrogen-bond donors (Lipinski definition) is 0. The molecule has 2 rings (SSSR count). The van der Waals surface area contributed by atoms with Gasteiger partial charge in [0.05, 0.1) is 19.0 Å². The number of urea groups is 1. The Morgan fingerprint density at radius 2 is 2.04 bits per heavy atom. The minimum atomic E-state index is 0.108. The number of anilines is 1. The van der Waals surface area contributed by atoms with Gasteiger partial charge in [0.25, 0.3) is 0 Å². The van der Waals surface area contributed by atoms with E-state index in [-0.39, 0.29) is 6.03 Å². The zero-order valence-corrected chi connectivity index (χ0v) is 15.5. The van der Waals surface area contributed by atoms with E-state index in [1.54, 1.807) is 0 Å². The zero-order chi connectivity index (χ0) is 16.8. The number of allylic oxidation sites excluding steroid dienone is 1. The zero-order valence-electron chi connectivity index (χ0n) is 14.7. The van der Waals surface area contributed by atoms with Gasteiger partial charge in [-0.05, 0) is 44.6 Å². The highest BCUT2D eigenvalue weighted by Gasteiger charge is 2.32. The second-order valence-electron chi connectivity index (χ2n) is 5.92. The van der Waals surface area contributed by atoms with Gasteiger partial charge in [-0.2, -0.15) is 4.37 Å². The first-order valence-corrected chi connectivity index (χ1v) is 9.24. The summed E-state index contributed by atoms with van der Waals surface area (Å²) >= 11 is 1.45. The molecule has 0 atom stereocenters. The van der Waals surface area contributed by atoms with Crippen LogP contribution in [0.25, 0.3) is 0 Å². The quantitative estimate of drug-likeness (QED) is 0.710. The average Bonchev–Trinajstić information content (AvgIpc) is 2.91. The van der Waals surface area contributed by atoms with E-state index in [1.807, 2.05) is 22.8 Å². The summed E-state index contributed by atoms with van der Waals surface area (Å²) in [5.74, 6) is 0. The van der Waals surface area contributed by atoms with Gasteiger partial charge in [0.1, 0.15) is 5.00 Å². The lowest BCUT2D eigenvalue weighted by Gasteiger charge is -2.41. The van der Waals surface area contributed by atoms with Gasteiger partial charge < -0.3 is 4.90 Å². The van der Waals surface area contributed by atoms with Crippen molar-refractivity contribution in [1.82, 2.24) is 14.2 Å². The summed E-state index contributed by atoms with van der Waals surface area (Å²) in [6, 6.07) is 0.108. The molecule has 1 aromatic rings. The van der Waals surface area contributed by atoms with E-state index in [2.05, 4.69) is 36.1 Å². The van der Waals surface area contributed by atoms with Crippen molar-refractivity contribution in [1.29, 1.82) is 0 Å². The topological polar surface area (TPSA) is 39.7 Å². The standard InChI is InChI=1S/C17H28N4OS/c1-5-8-9-11-20-12-19(10-6-2)13-21(17(20)22)16-14(4)15(7-3)18-23-16/h5,8H,6-7,9-13H2,1-4H3/b8-5+. The van der Waals surface area contributed by atoms with Crippen LogP contribution in [-0.4, -0.2) is 46.6 Å². The lowest BCUT2D eigenvalue weighted by atomic mass is 10.2. The van der Waals surface area contributed by atoms with E-state index in [0.717, 1.165) is 55.3 Å². The smallest absolute Gasteiger partial charge is 0.311 e. The third-order valence-electron chi connectivity index (χ3n) is 4.13. The van der Waals surface area contributed by atoms with Crippen molar-refractivity contribution in [2.24, 2.45) is 0 Å². The molecular formula is C17H28N4OS. The van der Waals surface area contributed by atoms with Crippen LogP contribution in [0.1, 0.15) is 44.9 Å². The molecule has 1 saturated heterocycles. The van der Waals surface area contributed by atoms with Crippen molar-refractivity contribution < 1.29 is 4.79 Å². The van der Waals surface area contributed by atoms with Gasteiger partial charge in [0.15, 0.2) is 0 Å². The molecule has 0 aliphatic carbocycles.